The van der Waals surface area contributed by atoms with Crippen molar-refractivity contribution in [1.82, 2.24) is 9.78 Å². The Morgan fingerprint density at radius 2 is 1.95 bits per heavy atom. The number of aromatic nitrogens is 2. The molecule has 39 heavy (non-hydrogen) atoms. The number of non-ortho nitro benzene ring substituents is 1. The number of nitrogens with zero attached hydrogens (tertiary/aromatic N) is 3. The summed E-state index contributed by atoms with van der Waals surface area (Å²) in [6.45, 7) is 0. The van der Waals surface area contributed by atoms with Crippen LogP contribution in [-0.4, -0.2) is 26.8 Å². The van der Waals surface area contributed by atoms with Crippen molar-refractivity contribution in [3.05, 3.63) is 91.0 Å². The van der Waals surface area contributed by atoms with Gasteiger partial charge in [-0.2, -0.15) is 18.3 Å². The van der Waals surface area contributed by atoms with E-state index in [1.165, 1.54) is 29.5 Å². The number of rotatable bonds is 6. The third kappa shape index (κ3) is 5.59. The lowest BCUT2D eigenvalue weighted by molar-refractivity contribution is -0.384. The molecule has 15 heteroatoms. The molecular formula is C24H16BrF4N5O4S. The van der Waals surface area contributed by atoms with Crippen LogP contribution in [0.1, 0.15) is 33.9 Å². The minimum absolute atomic E-state index is 0.00345. The predicted octanol–water partition coefficient (Wildman–Crippen LogP) is 7.46. The van der Waals surface area contributed by atoms with Crippen LogP contribution in [-0.2, 0) is 0 Å². The Balaban J connectivity index is 1.45. The zero-order valence-electron chi connectivity index (χ0n) is 19.4. The average molecular weight is 626 g/mol. The van der Waals surface area contributed by atoms with Gasteiger partial charge in [0.25, 0.3) is 11.6 Å². The number of fused-ring (bicyclic) bond motifs is 1. The predicted molar refractivity (Wildman–Crippen MR) is 138 cm³/mol. The number of nitro benzene ring substituents is 1. The van der Waals surface area contributed by atoms with Crippen molar-refractivity contribution in [2.24, 2.45) is 0 Å². The van der Waals surface area contributed by atoms with Crippen LogP contribution >= 0.6 is 27.3 Å². The van der Waals surface area contributed by atoms with Crippen LogP contribution in [0, 0.1) is 15.9 Å². The molecule has 4 aromatic rings. The van der Waals surface area contributed by atoms with Gasteiger partial charge in [0.1, 0.15) is 23.1 Å². The van der Waals surface area contributed by atoms with Gasteiger partial charge in [-0.1, -0.05) is 6.07 Å². The highest BCUT2D eigenvalue weighted by atomic mass is 79.9. The summed E-state index contributed by atoms with van der Waals surface area (Å²) in [4.78, 5) is 24.6. The number of nitrogens with one attached hydrogen (secondary N) is 2. The second kappa shape index (κ2) is 10.3. The molecule has 1 aliphatic rings. The molecule has 0 spiro atoms. The molecule has 0 saturated heterocycles. The number of hydrogen-bond acceptors (Lipinski definition) is 7. The van der Waals surface area contributed by atoms with Crippen molar-refractivity contribution in [2.45, 2.75) is 24.7 Å². The van der Waals surface area contributed by atoms with Crippen LogP contribution in [0.4, 0.5) is 34.8 Å². The Hall–Kier alpha value is -3.98. The molecule has 1 aliphatic heterocycles. The molecule has 1 amide bonds. The van der Waals surface area contributed by atoms with E-state index >= 15 is 0 Å². The van der Waals surface area contributed by atoms with E-state index in [0.29, 0.717) is 4.88 Å². The van der Waals surface area contributed by atoms with E-state index in [1.807, 2.05) is 0 Å². The van der Waals surface area contributed by atoms with Gasteiger partial charge in [-0.15, -0.1) is 11.3 Å². The maximum Gasteiger partial charge on any atom is 0.410 e. The summed E-state index contributed by atoms with van der Waals surface area (Å²) in [5.74, 6) is -1.29. The molecule has 9 nitrogen and oxygen atoms in total. The number of carbonyl (C=O) groups excluding carboxylic acids is 1. The van der Waals surface area contributed by atoms with Crippen LogP contribution in [0.5, 0.6) is 11.5 Å². The lowest BCUT2D eigenvalue weighted by Gasteiger charge is -2.33. The molecule has 2 atom stereocenters. The number of alkyl halides is 3. The number of anilines is 2. The van der Waals surface area contributed by atoms with E-state index in [4.69, 9.17) is 4.74 Å². The van der Waals surface area contributed by atoms with Crippen LogP contribution in [0.25, 0.3) is 0 Å². The SMILES string of the molecule is O=C(Nc1cc(Oc2ccc(F)cc2)cc([N+](=O)[O-])c1)c1nn2c(c1Br)N[C@H](c1cccs1)C[C@@H]2C(F)(F)F. The molecule has 3 heterocycles. The van der Waals surface area contributed by atoms with Crippen molar-refractivity contribution in [1.29, 1.82) is 0 Å². The lowest BCUT2D eigenvalue weighted by Crippen LogP contribution is -2.35. The number of thiophene rings is 1. The Bertz CT molecular complexity index is 1540. The van der Waals surface area contributed by atoms with Crippen LogP contribution < -0.4 is 15.4 Å². The number of amides is 1. The highest BCUT2D eigenvalue weighted by molar-refractivity contribution is 9.10. The summed E-state index contributed by atoms with van der Waals surface area (Å²) in [5, 5.41) is 22.6. The number of carbonyl (C=O) groups is 1. The Morgan fingerprint density at radius 3 is 2.59 bits per heavy atom. The topological polar surface area (TPSA) is 111 Å². The first-order chi connectivity index (χ1) is 18.5. The fraction of sp³-hybridized carbons (Fsp3) is 0.167. The van der Waals surface area contributed by atoms with Crippen molar-refractivity contribution < 1.29 is 32.0 Å². The zero-order chi connectivity index (χ0) is 27.9. The van der Waals surface area contributed by atoms with Crippen LogP contribution in [0.3, 0.4) is 0 Å². The lowest BCUT2D eigenvalue weighted by atomic mass is 10.0. The van der Waals surface area contributed by atoms with E-state index in [-0.39, 0.29) is 39.6 Å². The molecule has 0 unspecified atom stereocenters. The van der Waals surface area contributed by atoms with Gasteiger partial charge in [0.2, 0.25) is 0 Å². The van der Waals surface area contributed by atoms with Crippen LogP contribution in [0.2, 0.25) is 0 Å². The van der Waals surface area contributed by atoms with E-state index in [9.17, 15) is 32.5 Å². The summed E-state index contributed by atoms with van der Waals surface area (Å²) in [6, 6.07) is 9.14. The minimum Gasteiger partial charge on any atom is -0.457 e. The molecule has 0 radical (unpaired) electrons. The van der Waals surface area contributed by atoms with E-state index in [2.05, 4.69) is 31.7 Å². The van der Waals surface area contributed by atoms with E-state index in [1.54, 1.807) is 17.5 Å². The smallest absolute Gasteiger partial charge is 0.410 e. The van der Waals surface area contributed by atoms with Gasteiger partial charge in [-0.3, -0.25) is 14.9 Å². The Morgan fingerprint density at radius 1 is 1.21 bits per heavy atom. The first-order valence-corrected chi connectivity index (χ1v) is 12.9. The quantitative estimate of drug-likeness (QED) is 0.131. The molecule has 2 N–H and O–H groups in total. The molecule has 0 fully saturated rings. The van der Waals surface area contributed by atoms with Crippen molar-refractivity contribution >= 4 is 50.4 Å². The largest absolute Gasteiger partial charge is 0.457 e. The van der Waals surface area contributed by atoms with Gasteiger partial charge in [0, 0.05) is 23.4 Å². The summed E-state index contributed by atoms with van der Waals surface area (Å²) < 4.78 is 61.4. The molecular weight excluding hydrogens is 610 g/mol. The summed E-state index contributed by atoms with van der Waals surface area (Å²) in [7, 11) is 0. The number of hydrogen-bond donors (Lipinski definition) is 2. The van der Waals surface area contributed by atoms with Crippen molar-refractivity contribution in [3.8, 4) is 11.5 Å². The molecule has 0 bridgehead atoms. The molecule has 2 aromatic carbocycles. The number of ether oxygens (including phenoxy) is 1. The molecule has 202 valence electrons. The van der Waals surface area contributed by atoms with Gasteiger partial charge < -0.3 is 15.4 Å². The van der Waals surface area contributed by atoms with E-state index < -0.39 is 40.6 Å². The normalized spacial score (nSPS) is 16.7. The van der Waals surface area contributed by atoms with Crippen molar-refractivity contribution in [3.63, 3.8) is 0 Å². The maximum absolute atomic E-state index is 14.0. The van der Waals surface area contributed by atoms with Crippen molar-refractivity contribution in [2.75, 3.05) is 10.6 Å². The third-order valence-corrected chi connectivity index (χ3v) is 7.54. The number of benzene rings is 2. The average Bonchev–Trinajstić information content (AvgIpc) is 3.53. The van der Waals surface area contributed by atoms with E-state index in [0.717, 1.165) is 28.9 Å². The summed E-state index contributed by atoms with van der Waals surface area (Å²) >= 11 is 4.51. The highest BCUT2D eigenvalue weighted by Gasteiger charge is 2.48. The summed E-state index contributed by atoms with van der Waals surface area (Å²) in [5.41, 5.74) is -0.849. The van der Waals surface area contributed by atoms with Gasteiger partial charge in [0.05, 0.1) is 27.2 Å². The third-order valence-electron chi connectivity index (χ3n) is 5.81. The zero-order valence-corrected chi connectivity index (χ0v) is 21.8. The van der Waals surface area contributed by atoms with Gasteiger partial charge in [-0.05, 0) is 51.6 Å². The second-order valence-corrected chi connectivity index (χ2v) is 10.2. The van der Waals surface area contributed by atoms with Gasteiger partial charge >= 0.3 is 6.18 Å². The first-order valence-electron chi connectivity index (χ1n) is 11.2. The van der Waals surface area contributed by atoms with Gasteiger partial charge in [0.15, 0.2) is 11.7 Å². The first kappa shape index (κ1) is 26.6. The summed E-state index contributed by atoms with van der Waals surface area (Å²) in [6.07, 6.45) is -4.97. The highest BCUT2D eigenvalue weighted by Crippen LogP contribution is 2.47. The van der Waals surface area contributed by atoms with Crippen LogP contribution in [0.15, 0.2) is 64.5 Å². The fourth-order valence-corrected chi connectivity index (χ4v) is 5.41. The Labute approximate surface area is 229 Å². The molecule has 0 saturated carbocycles. The second-order valence-electron chi connectivity index (χ2n) is 8.44. The molecule has 5 rings (SSSR count). The number of halogens is 5. The fourth-order valence-electron chi connectivity index (χ4n) is 4.06. The number of nitro groups is 1. The minimum atomic E-state index is -4.64. The molecule has 0 aliphatic carbocycles. The van der Waals surface area contributed by atoms with Gasteiger partial charge in [-0.25, -0.2) is 9.07 Å². The standard InChI is InChI=1S/C24H16BrF4N5O4S/c25-20-21(32-33-19(24(27,28)29)11-17(31-22(20)33)18-2-1-7-39-18)23(35)30-13-8-14(34(36)37)10-16(9-13)38-15-5-3-12(26)4-6-15/h1-10,17,19,31H,11H2,(H,30,35)/t17-,19+/m0/s1. The Kier molecular flexibility index (Phi) is 7.03. The maximum atomic E-state index is 14.0. The molecule has 2 aromatic heterocycles. The monoisotopic (exact) mass is 625 g/mol.